The average molecular weight is 375 g/mol. The van der Waals surface area contributed by atoms with Crippen LogP contribution in [-0.2, 0) is 20.4 Å². The number of rotatable bonds is 4. The van der Waals surface area contributed by atoms with Crippen LogP contribution >= 0.6 is 0 Å². The van der Waals surface area contributed by atoms with Crippen LogP contribution < -0.4 is 0 Å². The molecule has 0 fully saturated rings. The van der Waals surface area contributed by atoms with Crippen LogP contribution in [0.25, 0.3) is 0 Å². The molecule has 0 saturated heterocycles. The summed E-state index contributed by atoms with van der Waals surface area (Å²) in [4.78, 5) is 24.0. The SMILES string of the molecule is CC(C)(C)c1ccccc1C(/C(=C/C(=O)O)C(=O)O)(C(C)(C)C)C(C)(C)C. The first kappa shape index (κ1) is 22.9. The lowest BCUT2D eigenvalue weighted by atomic mass is 9.47. The molecule has 0 saturated carbocycles. The third kappa shape index (κ3) is 4.10. The van der Waals surface area contributed by atoms with E-state index in [9.17, 15) is 19.8 Å². The van der Waals surface area contributed by atoms with Gasteiger partial charge in [-0.15, -0.1) is 0 Å². The summed E-state index contributed by atoms with van der Waals surface area (Å²) >= 11 is 0. The molecule has 1 rings (SSSR count). The Morgan fingerprint density at radius 1 is 0.778 bits per heavy atom. The summed E-state index contributed by atoms with van der Waals surface area (Å²) in [5.74, 6) is -2.45. The minimum atomic E-state index is -1.25. The van der Waals surface area contributed by atoms with E-state index >= 15 is 0 Å². The normalized spacial score (nSPS) is 14.2. The quantitative estimate of drug-likeness (QED) is 0.691. The van der Waals surface area contributed by atoms with Crippen LogP contribution in [0.15, 0.2) is 35.9 Å². The van der Waals surface area contributed by atoms with Crippen LogP contribution in [-0.4, -0.2) is 22.2 Å². The average Bonchev–Trinajstić information content (AvgIpc) is 2.42. The molecule has 0 unspecified atom stereocenters. The molecule has 1 aromatic rings. The van der Waals surface area contributed by atoms with Gasteiger partial charge < -0.3 is 10.2 Å². The lowest BCUT2D eigenvalue weighted by Gasteiger charge is -2.55. The van der Waals surface area contributed by atoms with Crippen molar-refractivity contribution in [2.45, 2.75) is 73.1 Å². The summed E-state index contributed by atoms with van der Waals surface area (Å²) in [6, 6.07) is 7.82. The van der Waals surface area contributed by atoms with Gasteiger partial charge in [-0.2, -0.15) is 0 Å². The van der Waals surface area contributed by atoms with Crippen LogP contribution in [0.1, 0.15) is 73.4 Å². The van der Waals surface area contributed by atoms with Gasteiger partial charge >= 0.3 is 11.9 Å². The first-order valence-electron chi connectivity index (χ1n) is 9.26. The number of aliphatic carboxylic acids is 2. The standard InChI is InChI=1S/C23H34O4/c1-20(2,3)15-12-10-11-13-16(15)23(21(4,5)6,22(7,8)9)17(19(26)27)14-18(24)25/h10-14H,1-9H3,(H,24,25)(H,26,27)/b17-14+. The summed E-state index contributed by atoms with van der Waals surface area (Å²) in [6.07, 6.45) is 0.873. The predicted octanol–water partition coefficient (Wildman–Crippen LogP) is 5.41. The number of hydrogen-bond acceptors (Lipinski definition) is 2. The molecular weight excluding hydrogens is 340 g/mol. The zero-order valence-corrected chi connectivity index (χ0v) is 18.1. The number of carboxylic acid groups (broad SMARTS) is 2. The predicted molar refractivity (Wildman–Crippen MR) is 109 cm³/mol. The first-order chi connectivity index (χ1) is 12.0. The van der Waals surface area contributed by atoms with E-state index in [1.807, 2.05) is 65.8 Å². The highest BCUT2D eigenvalue weighted by Gasteiger charge is 2.57. The zero-order chi connectivity index (χ0) is 21.4. The van der Waals surface area contributed by atoms with E-state index < -0.39 is 28.2 Å². The summed E-state index contributed by atoms with van der Waals surface area (Å²) in [5.41, 5.74) is -0.593. The Kier molecular flexibility index (Phi) is 6.07. The molecule has 0 heterocycles. The van der Waals surface area contributed by atoms with E-state index in [2.05, 4.69) is 20.8 Å². The van der Waals surface area contributed by atoms with E-state index in [4.69, 9.17) is 0 Å². The van der Waals surface area contributed by atoms with Crippen LogP contribution in [0.4, 0.5) is 0 Å². The summed E-state index contributed by atoms with van der Waals surface area (Å²) < 4.78 is 0. The van der Waals surface area contributed by atoms with Gasteiger partial charge in [0.05, 0.1) is 5.57 Å². The third-order valence-electron chi connectivity index (χ3n) is 5.29. The van der Waals surface area contributed by atoms with Crippen molar-refractivity contribution in [3.63, 3.8) is 0 Å². The van der Waals surface area contributed by atoms with Crippen molar-refractivity contribution in [3.8, 4) is 0 Å². The van der Waals surface area contributed by atoms with Gasteiger partial charge in [0.2, 0.25) is 0 Å². The molecule has 0 spiro atoms. The molecule has 0 aliphatic heterocycles. The van der Waals surface area contributed by atoms with Crippen LogP contribution in [0.3, 0.4) is 0 Å². The van der Waals surface area contributed by atoms with Gasteiger partial charge in [-0.25, -0.2) is 9.59 Å². The van der Waals surface area contributed by atoms with Gasteiger partial charge in [-0.3, -0.25) is 0 Å². The molecule has 1 aromatic carbocycles. The third-order valence-corrected chi connectivity index (χ3v) is 5.29. The maximum absolute atomic E-state index is 12.4. The van der Waals surface area contributed by atoms with Crippen LogP contribution in [0.2, 0.25) is 0 Å². The monoisotopic (exact) mass is 374 g/mol. The summed E-state index contributed by atoms with van der Waals surface area (Å²) in [7, 11) is 0. The Balaban J connectivity index is 4.29. The molecule has 0 aliphatic rings. The molecular formula is C23H34O4. The van der Waals surface area contributed by atoms with E-state index in [1.165, 1.54) is 0 Å². The Morgan fingerprint density at radius 3 is 1.48 bits per heavy atom. The summed E-state index contributed by atoms with van der Waals surface area (Å²) in [6.45, 7) is 18.2. The first-order valence-corrected chi connectivity index (χ1v) is 9.26. The molecule has 0 bridgehead atoms. The molecule has 27 heavy (non-hydrogen) atoms. The Bertz CT molecular complexity index is 736. The Morgan fingerprint density at radius 2 is 1.19 bits per heavy atom. The minimum Gasteiger partial charge on any atom is -0.478 e. The van der Waals surface area contributed by atoms with Crippen molar-refractivity contribution in [1.29, 1.82) is 0 Å². The second kappa shape index (κ2) is 7.14. The molecule has 0 atom stereocenters. The van der Waals surface area contributed by atoms with Gasteiger partial charge in [-0.05, 0) is 27.4 Å². The van der Waals surface area contributed by atoms with E-state index in [0.29, 0.717) is 0 Å². The van der Waals surface area contributed by atoms with Crippen molar-refractivity contribution in [1.82, 2.24) is 0 Å². The van der Waals surface area contributed by atoms with Gasteiger partial charge in [0, 0.05) is 11.5 Å². The maximum Gasteiger partial charge on any atom is 0.332 e. The van der Waals surface area contributed by atoms with Crippen LogP contribution in [0, 0.1) is 10.8 Å². The molecule has 4 nitrogen and oxygen atoms in total. The molecule has 2 N–H and O–H groups in total. The van der Waals surface area contributed by atoms with E-state index in [-0.39, 0.29) is 11.0 Å². The zero-order valence-electron chi connectivity index (χ0n) is 18.1. The maximum atomic E-state index is 12.4. The molecule has 0 radical (unpaired) electrons. The Hall–Kier alpha value is -2.10. The highest BCUT2D eigenvalue weighted by molar-refractivity contribution is 5.97. The lowest BCUT2D eigenvalue weighted by molar-refractivity contribution is -0.137. The molecule has 4 heteroatoms. The highest BCUT2D eigenvalue weighted by atomic mass is 16.4. The lowest BCUT2D eigenvalue weighted by Crippen LogP contribution is -2.54. The van der Waals surface area contributed by atoms with Crippen LogP contribution in [0.5, 0.6) is 0 Å². The molecule has 150 valence electrons. The van der Waals surface area contributed by atoms with Gasteiger partial charge in [-0.1, -0.05) is 86.6 Å². The van der Waals surface area contributed by atoms with Crippen molar-refractivity contribution in [2.24, 2.45) is 10.8 Å². The summed E-state index contributed by atoms with van der Waals surface area (Å²) in [5, 5.41) is 19.6. The highest BCUT2D eigenvalue weighted by Crippen LogP contribution is 2.59. The van der Waals surface area contributed by atoms with Crippen molar-refractivity contribution in [3.05, 3.63) is 47.0 Å². The molecule has 0 aliphatic carbocycles. The smallest absolute Gasteiger partial charge is 0.332 e. The number of carbonyl (C=O) groups is 2. The Labute approximate surface area is 163 Å². The van der Waals surface area contributed by atoms with E-state index in [1.54, 1.807) is 0 Å². The molecule has 0 aromatic heterocycles. The van der Waals surface area contributed by atoms with Gasteiger partial charge in [0.25, 0.3) is 0 Å². The second-order valence-electron chi connectivity index (χ2n) is 10.2. The fraction of sp³-hybridized carbons (Fsp3) is 0.565. The fourth-order valence-electron chi connectivity index (χ4n) is 4.80. The number of benzene rings is 1. The molecule has 0 amide bonds. The van der Waals surface area contributed by atoms with Gasteiger partial charge in [0.1, 0.15) is 0 Å². The fourth-order valence-corrected chi connectivity index (χ4v) is 4.80. The topological polar surface area (TPSA) is 74.6 Å². The minimum absolute atomic E-state index is 0.0910. The largest absolute Gasteiger partial charge is 0.478 e. The van der Waals surface area contributed by atoms with Crippen molar-refractivity contribution >= 4 is 11.9 Å². The second-order valence-corrected chi connectivity index (χ2v) is 10.2. The van der Waals surface area contributed by atoms with E-state index in [0.717, 1.165) is 17.2 Å². The number of hydrogen-bond donors (Lipinski definition) is 2. The van der Waals surface area contributed by atoms with Gasteiger partial charge in [0.15, 0.2) is 0 Å². The van der Waals surface area contributed by atoms with Crippen molar-refractivity contribution in [2.75, 3.05) is 0 Å². The number of carboxylic acids is 2. The van der Waals surface area contributed by atoms with Crippen molar-refractivity contribution < 1.29 is 19.8 Å².